The van der Waals surface area contributed by atoms with Crippen LogP contribution in [-0.2, 0) is 6.42 Å². The highest BCUT2D eigenvalue weighted by atomic mass is 35.5. The van der Waals surface area contributed by atoms with Gasteiger partial charge in [0.1, 0.15) is 0 Å². The highest BCUT2D eigenvalue weighted by Gasteiger charge is 2.18. The standard InChI is InChI=1S/C15H15Cl3N2/c1-2-20-14(8-10-6-7-19-9-13(10)18)15-11(16)4-3-5-12(15)17/h3-7,9,14,20H,2,8H2,1H3. The third-order valence-corrected chi connectivity index (χ3v) is 4.08. The van der Waals surface area contributed by atoms with Crippen LogP contribution in [0.1, 0.15) is 24.1 Å². The zero-order chi connectivity index (χ0) is 14.5. The zero-order valence-corrected chi connectivity index (χ0v) is 13.3. The van der Waals surface area contributed by atoms with Crippen LogP contribution in [0.15, 0.2) is 36.7 Å². The molecule has 1 N–H and O–H groups in total. The lowest BCUT2D eigenvalue weighted by molar-refractivity contribution is 0.550. The first-order chi connectivity index (χ1) is 9.63. The summed E-state index contributed by atoms with van der Waals surface area (Å²) in [4.78, 5) is 4.00. The van der Waals surface area contributed by atoms with Gasteiger partial charge in [-0.05, 0) is 36.7 Å². The summed E-state index contributed by atoms with van der Waals surface area (Å²) in [6.45, 7) is 2.86. The highest BCUT2D eigenvalue weighted by Crippen LogP contribution is 2.33. The molecule has 0 spiro atoms. The van der Waals surface area contributed by atoms with Gasteiger partial charge in [-0.3, -0.25) is 4.98 Å². The normalized spacial score (nSPS) is 12.4. The van der Waals surface area contributed by atoms with Crippen LogP contribution in [0.5, 0.6) is 0 Å². The molecule has 1 heterocycles. The minimum absolute atomic E-state index is 0.0149. The number of likely N-dealkylation sites (N-methyl/N-ethyl adjacent to an activating group) is 1. The molecule has 1 aromatic heterocycles. The molecule has 20 heavy (non-hydrogen) atoms. The summed E-state index contributed by atoms with van der Waals surface area (Å²) < 4.78 is 0. The van der Waals surface area contributed by atoms with Crippen LogP contribution in [0.2, 0.25) is 15.1 Å². The van der Waals surface area contributed by atoms with Crippen molar-refractivity contribution >= 4 is 34.8 Å². The number of halogens is 3. The van der Waals surface area contributed by atoms with E-state index in [2.05, 4.69) is 10.3 Å². The van der Waals surface area contributed by atoms with Gasteiger partial charge in [0.15, 0.2) is 0 Å². The summed E-state index contributed by atoms with van der Waals surface area (Å²) in [5.41, 5.74) is 1.93. The minimum Gasteiger partial charge on any atom is -0.310 e. The number of hydrogen-bond donors (Lipinski definition) is 1. The Kier molecular flexibility index (Phi) is 5.67. The molecule has 1 unspecified atom stereocenters. The van der Waals surface area contributed by atoms with Crippen molar-refractivity contribution in [3.05, 3.63) is 62.9 Å². The third-order valence-electron chi connectivity index (χ3n) is 3.08. The van der Waals surface area contributed by atoms with Crippen molar-refractivity contribution in [3.63, 3.8) is 0 Å². The van der Waals surface area contributed by atoms with E-state index in [0.29, 0.717) is 21.5 Å². The van der Waals surface area contributed by atoms with Gasteiger partial charge in [0, 0.05) is 34.0 Å². The van der Waals surface area contributed by atoms with E-state index in [1.165, 1.54) is 0 Å². The SMILES string of the molecule is CCNC(Cc1ccncc1Cl)c1c(Cl)cccc1Cl. The van der Waals surface area contributed by atoms with E-state index in [-0.39, 0.29) is 6.04 Å². The fraction of sp³-hybridized carbons (Fsp3) is 0.267. The molecule has 0 amide bonds. The Morgan fingerprint density at radius 3 is 2.40 bits per heavy atom. The van der Waals surface area contributed by atoms with E-state index in [0.717, 1.165) is 17.7 Å². The van der Waals surface area contributed by atoms with Gasteiger partial charge in [0.25, 0.3) is 0 Å². The first kappa shape index (κ1) is 15.6. The summed E-state index contributed by atoms with van der Waals surface area (Å²) in [5, 5.41) is 5.38. The minimum atomic E-state index is 0.0149. The maximum Gasteiger partial charge on any atom is 0.0622 e. The fourth-order valence-electron chi connectivity index (χ4n) is 2.16. The predicted molar refractivity (Wildman–Crippen MR) is 85.8 cm³/mol. The molecule has 0 bridgehead atoms. The van der Waals surface area contributed by atoms with Crippen LogP contribution < -0.4 is 5.32 Å². The van der Waals surface area contributed by atoms with Crippen molar-refractivity contribution in [2.45, 2.75) is 19.4 Å². The number of pyridine rings is 1. The number of nitrogens with zero attached hydrogens (tertiary/aromatic N) is 1. The van der Waals surface area contributed by atoms with E-state index < -0.39 is 0 Å². The largest absolute Gasteiger partial charge is 0.310 e. The van der Waals surface area contributed by atoms with Gasteiger partial charge in [-0.15, -0.1) is 0 Å². The van der Waals surface area contributed by atoms with E-state index in [1.54, 1.807) is 12.4 Å². The maximum atomic E-state index is 6.30. The van der Waals surface area contributed by atoms with Crippen molar-refractivity contribution in [1.29, 1.82) is 0 Å². The molecule has 0 saturated carbocycles. The molecule has 1 atom stereocenters. The molecule has 106 valence electrons. The lowest BCUT2D eigenvalue weighted by Gasteiger charge is -2.21. The monoisotopic (exact) mass is 328 g/mol. The molecular formula is C15H15Cl3N2. The van der Waals surface area contributed by atoms with Gasteiger partial charge in [0.2, 0.25) is 0 Å². The van der Waals surface area contributed by atoms with Crippen molar-refractivity contribution < 1.29 is 0 Å². The highest BCUT2D eigenvalue weighted by molar-refractivity contribution is 6.36. The summed E-state index contributed by atoms with van der Waals surface area (Å²) in [7, 11) is 0. The maximum absolute atomic E-state index is 6.30. The Labute approximate surface area is 134 Å². The Morgan fingerprint density at radius 2 is 1.80 bits per heavy atom. The first-order valence-electron chi connectivity index (χ1n) is 6.39. The lowest BCUT2D eigenvalue weighted by atomic mass is 9.99. The average Bonchev–Trinajstić information content (AvgIpc) is 2.41. The number of nitrogens with one attached hydrogen (secondary N) is 1. The van der Waals surface area contributed by atoms with Gasteiger partial charge in [-0.1, -0.05) is 47.8 Å². The van der Waals surface area contributed by atoms with Crippen LogP contribution in [0.4, 0.5) is 0 Å². The van der Waals surface area contributed by atoms with Crippen LogP contribution in [0.25, 0.3) is 0 Å². The van der Waals surface area contributed by atoms with Crippen LogP contribution in [0.3, 0.4) is 0 Å². The van der Waals surface area contributed by atoms with Crippen molar-refractivity contribution in [1.82, 2.24) is 10.3 Å². The van der Waals surface area contributed by atoms with Crippen LogP contribution in [-0.4, -0.2) is 11.5 Å². The van der Waals surface area contributed by atoms with Gasteiger partial charge in [-0.2, -0.15) is 0 Å². The van der Waals surface area contributed by atoms with E-state index in [9.17, 15) is 0 Å². The lowest BCUT2D eigenvalue weighted by Crippen LogP contribution is -2.23. The molecule has 0 fully saturated rings. The average molecular weight is 330 g/mol. The second-order valence-corrected chi connectivity index (χ2v) is 5.64. The number of benzene rings is 1. The molecule has 2 nitrogen and oxygen atoms in total. The quantitative estimate of drug-likeness (QED) is 0.841. The van der Waals surface area contributed by atoms with E-state index >= 15 is 0 Å². The van der Waals surface area contributed by atoms with Gasteiger partial charge >= 0.3 is 0 Å². The molecule has 0 aliphatic heterocycles. The van der Waals surface area contributed by atoms with Crippen LogP contribution >= 0.6 is 34.8 Å². The molecular weight excluding hydrogens is 315 g/mol. The topological polar surface area (TPSA) is 24.9 Å². The number of hydrogen-bond acceptors (Lipinski definition) is 2. The summed E-state index contributed by atoms with van der Waals surface area (Å²) in [6.07, 6.45) is 4.09. The molecule has 0 saturated heterocycles. The molecule has 1 aromatic carbocycles. The smallest absolute Gasteiger partial charge is 0.0622 e. The molecule has 0 aliphatic rings. The molecule has 2 rings (SSSR count). The molecule has 0 radical (unpaired) electrons. The van der Waals surface area contributed by atoms with Crippen molar-refractivity contribution in [2.24, 2.45) is 0 Å². The Balaban J connectivity index is 2.35. The Hall–Kier alpha value is -0.800. The van der Waals surface area contributed by atoms with Crippen LogP contribution in [0, 0.1) is 0 Å². The Bertz CT molecular complexity index is 567. The molecule has 0 aliphatic carbocycles. The molecule has 2 aromatic rings. The van der Waals surface area contributed by atoms with Crippen molar-refractivity contribution in [2.75, 3.05) is 6.54 Å². The zero-order valence-electron chi connectivity index (χ0n) is 11.0. The van der Waals surface area contributed by atoms with Gasteiger partial charge in [-0.25, -0.2) is 0 Å². The third kappa shape index (κ3) is 3.64. The summed E-state index contributed by atoms with van der Waals surface area (Å²) in [6, 6.07) is 7.47. The predicted octanol–water partition coefficient (Wildman–Crippen LogP) is 4.94. The van der Waals surface area contributed by atoms with Gasteiger partial charge < -0.3 is 5.32 Å². The van der Waals surface area contributed by atoms with E-state index in [4.69, 9.17) is 34.8 Å². The molecule has 5 heteroatoms. The number of rotatable bonds is 5. The summed E-state index contributed by atoms with van der Waals surface area (Å²) >= 11 is 18.8. The van der Waals surface area contributed by atoms with Crippen molar-refractivity contribution in [3.8, 4) is 0 Å². The van der Waals surface area contributed by atoms with E-state index in [1.807, 2.05) is 31.2 Å². The van der Waals surface area contributed by atoms with Gasteiger partial charge in [0.05, 0.1) is 5.02 Å². The first-order valence-corrected chi connectivity index (χ1v) is 7.52. The fourth-order valence-corrected chi connectivity index (χ4v) is 3.01. The number of aromatic nitrogens is 1. The second-order valence-electron chi connectivity index (χ2n) is 4.42. The Morgan fingerprint density at radius 1 is 1.10 bits per heavy atom. The summed E-state index contributed by atoms with van der Waals surface area (Å²) in [5.74, 6) is 0. The second kappa shape index (κ2) is 7.28.